The van der Waals surface area contributed by atoms with Gasteiger partial charge in [-0.2, -0.15) is 0 Å². The van der Waals surface area contributed by atoms with Crippen molar-refractivity contribution in [3.8, 4) is 0 Å². The van der Waals surface area contributed by atoms with Crippen molar-refractivity contribution < 1.29 is 9.47 Å². The molecule has 0 saturated carbocycles. The molecule has 0 aromatic heterocycles. The molecule has 0 saturated heterocycles. The molecule has 0 radical (unpaired) electrons. The standard InChI is InChI=1S/C22H34N4O2S/c1-3-5-14-29-22-24-21-19(25-26-22)17-8-6-7-9-18(17)23-20(28-21)15-10-12-16(13-11-15)27-4-2/h10,12,15-16,20-21,23H,3-9,11,13-14H2,1-2H3,(H,24,26). The van der Waals surface area contributed by atoms with Gasteiger partial charge in [-0.15, -0.1) is 10.2 Å². The number of amidine groups is 1. The molecule has 2 aliphatic carbocycles. The lowest BCUT2D eigenvalue weighted by Crippen LogP contribution is -2.48. The molecule has 0 amide bonds. The number of ether oxygens (including phenoxy) is 2. The van der Waals surface area contributed by atoms with Crippen molar-refractivity contribution in [2.45, 2.75) is 83.8 Å². The molecule has 4 atom stereocenters. The Labute approximate surface area is 178 Å². The first kappa shape index (κ1) is 20.9. The molecule has 2 aliphatic heterocycles. The van der Waals surface area contributed by atoms with Crippen LogP contribution in [-0.2, 0) is 9.47 Å². The van der Waals surface area contributed by atoms with Crippen molar-refractivity contribution in [1.29, 1.82) is 0 Å². The minimum Gasteiger partial charge on any atom is -0.374 e. The van der Waals surface area contributed by atoms with Crippen molar-refractivity contribution in [2.75, 3.05) is 12.4 Å². The first-order chi connectivity index (χ1) is 14.3. The minimum atomic E-state index is -0.224. The zero-order chi connectivity index (χ0) is 20.1. The molecule has 4 rings (SSSR count). The Hall–Kier alpha value is -1.31. The van der Waals surface area contributed by atoms with E-state index < -0.39 is 0 Å². The lowest BCUT2D eigenvalue weighted by Gasteiger charge is -2.33. The molecule has 7 heteroatoms. The van der Waals surface area contributed by atoms with Crippen molar-refractivity contribution in [3.63, 3.8) is 0 Å². The second kappa shape index (κ2) is 10.1. The molecule has 6 nitrogen and oxygen atoms in total. The van der Waals surface area contributed by atoms with Gasteiger partial charge in [0, 0.05) is 24.0 Å². The van der Waals surface area contributed by atoms with Crippen molar-refractivity contribution in [3.05, 3.63) is 23.4 Å². The van der Waals surface area contributed by atoms with Gasteiger partial charge in [-0.3, -0.25) is 0 Å². The number of nitrogens with one attached hydrogen (secondary N) is 2. The molecule has 2 N–H and O–H groups in total. The van der Waals surface area contributed by atoms with Gasteiger partial charge in [0.25, 0.3) is 0 Å². The second-order valence-electron chi connectivity index (χ2n) is 8.10. The Morgan fingerprint density at radius 3 is 2.83 bits per heavy atom. The Bertz CT molecular complexity index is 703. The highest BCUT2D eigenvalue weighted by atomic mass is 32.2. The lowest BCUT2D eigenvalue weighted by atomic mass is 9.91. The van der Waals surface area contributed by atoms with E-state index in [-0.39, 0.29) is 18.6 Å². The van der Waals surface area contributed by atoms with Gasteiger partial charge in [0.1, 0.15) is 11.9 Å². The molecule has 2 heterocycles. The van der Waals surface area contributed by atoms with Crippen LogP contribution in [0.1, 0.15) is 65.2 Å². The number of rotatable bonds is 6. The summed E-state index contributed by atoms with van der Waals surface area (Å²) in [5.74, 6) is 1.39. The monoisotopic (exact) mass is 418 g/mol. The minimum absolute atomic E-state index is 0.0536. The fourth-order valence-corrected chi connectivity index (χ4v) is 5.31. The number of hydrogen-bond donors (Lipinski definition) is 2. The van der Waals surface area contributed by atoms with Crippen LogP contribution in [0, 0.1) is 5.92 Å². The van der Waals surface area contributed by atoms with Crippen molar-refractivity contribution >= 4 is 22.6 Å². The Kier molecular flexibility index (Phi) is 7.32. The molecule has 0 fully saturated rings. The van der Waals surface area contributed by atoms with Gasteiger partial charge < -0.3 is 20.1 Å². The Morgan fingerprint density at radius 1 is 1.14 bits per heavy atom. The fourth-order valence-electron chi connectivity index (χ4n) is 4.39. The van der Waals surface area contributed by atoms with E-state index in [0.29, 0.717) is 5.92 Å². The first-order valence-electron chi connectivity index (χ1n) is 11.3. The summed E-state index contributed by atoms with van der Waals surface area (Å²) in [5, 5.41) is 17.2. The van der Waals surface area contributed by atoms with Crippen LogP contribution >= 0.6 is 11.8 Å². The van der Waals surface area contributed by atoms with Crippen LogP contribution in [0.5, 0.6) is 0 Å². The third kappa shape index (κ3) is 5.06. The van der Waals surface area contributed by atoms with E-state index >= 15 is 0 Å². The summed E-state index contributed by atoms with van der Waals surface area (Å²) in [4.78, 5) is 0. The lowest BCUT2D eigenvalue weighted by molar-refractivity contribution is -0.0282. The summed E-state index contributed by atoms with van der Waals surface area (Å²) in [7, 11) is 0. The van der Waals surface area contributed by atoms with Crippen LogP contribution in [0.2, 0.25) is 0 Å². The van der Waals surface area contributed by atoms with E-state index in [1.54, 1.807) is 11.8 Å². The summed E-state index contributed by atoms with van der Waals surface area (Å²) in [6.45, 7) is 5.03. The van der Waals surface area contributed by atoms with Crippen LogP contribution in [0.3, 0.4) is 0 Å². The maximum absolute atomic E-state index is 6.60. The van der Waals surface area contributed by atoms with E-state index in [2.05, 4.69) is 46.8 Å². The number of allylic oxidation sites excluding steroid dienone is 1. The maximum atomic E-state index is 6.60. The quantitative estimate of drug-likeness (QED) is 0.497. The molecular formula is C22H34N4O2S. The van der Waals surface area contributed by atoms with Crippen LogP contribution in [0.4, 0.5) is 0 Å². The summed E-state index contributed by atoms with van der Waals surface area (Å²) < 4.78 is 12.4. The SMILES string of the molecule is CCCCSC1=NN=C2C3=C(CCCC3)NC(C3C=CC(OCC)CC3)OC2N1. The smallest absolute Gasteiger partial charge is 0.185 e. The van der Waals surface area contributed by atoms with Crippen LogP contribution < -0.4 is 10.6 Å². The molecule has 160 valence electrons. The molecule has 4 aliphatic rings. The highest BCUT2D eigenvalue weighted by Crippen LogP contribution is 2.33. The number of thioether (sulfide) groups is 1. The fraction of sp³-hybridized carbons (Fsp3) is 0.727. The van der Waals surface area contributed by atoms with Crippen LogP contribution in [0.15, 0.2) is 33.6 Å². The topological polar surface area (TPSA) is 67.2 Å². The van der Waals surface area contributed by atoms with Gasteiger partial charge in [-0.05, 0) is 57.4 Å². The average molecular weight is 419 g/mol. The van der Waals surface area contributed by atoms with E-state index in [1.807, 2.05) is 0 Å². The highest BCUT2D eigenvalue weighted by molar-refractivity contribution is 8.13. The maximum Gasteiger partial charge on any atom is 0.185 e. The number of hydrogen-bond acceptors (Lipinski definition) is 7. The van der Waals surface area contributed by atoms with Gasteiger partial charge in [-0.25, -0.2) is 0 Å². The van der Waals surface area contributed by atoms with Gasteiger partial charge in [0.2, 0.25) is 0 Å². The van der Waals surface area contributed by atoms with Gasteiger partial charge >= 0.3 is 0 Å². The molecule has 0 spiro atoms. The normalized spacial score (nSPS) is 31.7. The second-order valence-corrected chi connectivity index (χ2v) is 9.19. The van der Waals surface area contributed by atoms with E-state index in [1.165, 1.54) is 37.0 Å². The highest BCUT2D eigenvalue weighted by Gasteiger charge is 2.37. The molecular weight excluding hydrogens is 384 g/mol. The predicted octanol–water partition coefficient (Wildman–Crippen LogP) is 4.31. The number of fused-ring (bicyclic) bond motifs is 2. The zero-order valence-corrected chi connectivity index (χ0v) is 18.5. The predicted molar refractivity (Wildman–Crippen MR) is 120 cm³/mol. The average Bonchev–Trinajstić information content (AvgIpc) is 2.91. The summed E-state index contributed by atoms with van der Waals surface area (Å²) in [6.07, 6.45) is 13.5. The summed E-state index contributed by atoms with van der Waals surface area (Å²) >= 11 is 1.74. The largest absolute Gasteiger partial charge is 0.374 e. The van der Waals surface area contributed by atoms with Crippen LogP contribution in [-0.4, -0.2) is 41.8 Å². The van der Waals surface area contributed by atoms with E-state index in [4.69, 9.17) is 9.47 Å². The van der Waals surface area contributed by atoms with Crippen molar-refractivity contribution in [1.82, 2.24) is 10.6 Å². The zero-order valence-electron chi connectivity index (χ0n) is 17.7. The van der Waals surface area contributed by atoms with E-state index in [9.17, 15) is 0 Å². The van der Waals surface area contributed by atoms with E-state index in [0.717, 1.165) is 48.9 Å². The van der Waals surface area contributed by atoms with Gasteiger partial charge in [-0.1, -0.05) is 37.3 Å². The van der Waals surface area contributed by atoms with Crippen molar-refractivity contribution in [2.24, 2.45) is 16.1 Å². The number of nitrogens with zero attached hydrogens (tertiary/aromatic N) is 2. The number of unbranched alkanes of at least 4 members (excludes halogenated alkanes) is 1. The molecule has 0 aromatic carbocycles. The third-order valence-electron chi connectivity index (χ3n) is 5.99. The van der Waals surface area contributed by atoms with Gasteiger partial charge in [0.15, 0.2) is 11.4 Å². The third-order valence-corrected chi connectivity index (χ3v) is 6.96. The van der Waals surface area contributed by atoms with Gasteiger partial charge in [0.05, 0.1) is 6.10 Å². The molecule has 0 aromatic rings. The molecule has 4 unspecified atom stereocenters. The summed E-state index contributed by atoms with van der Waals surface area (Å²) in [5.41, 5.74) is 3.59. The summed E-state index contributed by atoms with van der Waals surface area (Å²) in [6, 6.07) is 0. The van der Waals surface area contributed by atoms with Crippen LogP contribution in [0.25, 0.3) is 0 Å². The Balaban J connectivity index is 1.52. The molecule has 29 heavy (non-hydrogen) atoms. The first-order valence-corrected chi connectivity index (χ1v) is 12.3. The Morgan fingerprint density at radius 2 is 2.03 bits per heavy atom. The molecule has 0 bridgehead atoms.